The minimum atomic E-state index is 0.0890. The van der Waals surface area contributed by atoms with E-state index in [2.05, 4.69) is 41.1 Å². The number of rotatable bonds is 3. The Morgan fingerprint density at radius 2 is 1.79 bits per heavy atom. The molecule has 2 heterocycles. The Morgan fingerprint density at radius 3 is 2.32 bits per heavy atom. The lowest BCUT2D eigenvalue weighted by atomic mass is 9.98. The van der Waals surface area contributed by atoms with Gasteiger partial charge in [0.2, 0.25) is 0 Å². The Kier molecular flexibility index (Phi) is 3.96. The Balaban J connectivity index is 2.04. The standard InChI is InChI=1S/C12H17N5S2/c1-12(2,3)10-15-7(5-18-10)6-19-11-16-8(13)4-9(14)17-11/h4-5H,6H2,1-3H3,(H4,13,14,16,17). The average Bonchev–Trinajstić information content (AvgIpc) is 2.73. The van der Waals surface area contributed by atoms with Crippen molar-refractivity contribution >= 4 is 34.7 Å². The zero-order chi connectivity index (χ0) is 14.0. The minimum Gasteiger partial charge on any atom is -0.383 e. The monoisotopic (exact) mass is 295 g/mol. The molecule has 0 amide bonds. The number of nitrogen functional groups attached to an aromatic ring is 2. The smallest absolute Gasteiger partial charge is 0.191 e. The molecule has 5 nitrogen and oxygen atoms in total. The van der Waals surface area contributed by atoms with Gasteiger partial charge in [-0.1, -0.05) is 32.5 Å². The molecule has 0 unspecified atom stereocenters. The fourth-order valence-corrected chi connectivity index (χ4v) is 3.16. The number of hydrogen-bond donors (Lipinski definition) is 2. The Hall–Kier alpha value is -1.34. The van der Waals surface area contributed by atoms with Crippen LogP contribution in [0.1, 0.15) is 31.5 Å². The molecule has 0 aliphatic heterocycles. The fourth-order valence-electron chi connectivity index (χ4n) is 1.38. The lowest BCUT2D eigenvalue weighted by molar-refractivity contribution is 0.584. The SMILES string of the molecule is CC(C)(C)c1nc(CSc2nc(N)cc(N)n2)cs1. The van der Waals surface area contributed by atoms with Crippen LogP contribution in [0.5, 0.6) is 0 Å². The van der Waals surface area contributed by atoms with Crippen LogP contribution in [0, 0.1) is 0 Å². The second kappa shape index (κ2) is 5.34. The molecule has 0 radical (unpaired) electrons. The molecule has 0 aliphatic carbocycles. The van der Waals surface area contributed by atoms with Gasteiger partial charge in [0.05, 0.1) is 10.7 Å². The van der Waals surface area contributed by atoms with Crippen molar-refractivity contribution in [3.05, 3.63) is 22.1 Å². The molecule has 0 bridgehead atoms. The second-order valence-corrected chi connectivity index (χ2v) is 6.98. The van der Waals surface area contributed by atoms with E-state index in [0.29, 0.717) is 16.8 Å². The molecule has 2 aromatic rings. The maximum Gasteiger partial charge on any atom is 0.191 e. The third-order valence-corrected chi connectivity index (χ3v) is 4.49. The first-order chi connectivity index (χ1) is 8.84. The van der Waals surface area contributed by atoms with Crippen molar-refractivity contribution in [3.63, 3.8) is 0 Å². The van der Waals surface area contributed by atoms with Crippen molar-refractivity contribution < 1.29 is 0 Å². The van der Waals surface area contributed by atoms with Crippen LogP contribution in [0.3, 0.4) is 0 Å². The van der Waals surface area contributed by atoms with E-state index < -0.39 is 0 Å². The molecule has 0 aromatic carbocycles. The molecule has 0 fully saturated rings. The lowest BCUT2D eigenvalue weighted by Crippen LogP contribution is -2.10. The zero-order valence-corrected chi connectivity index (χ0v) is 12.8. The van der Waals surface area contributed by atoms with Crippen molar-refractivity contribution in [2.45, 2.75) is 37.1 Å². The quantitative estimate of drug-likeness (QED) is 0.668. The number of thiazole rings is 1. The normalized spacial score (nSPS) is 11.7. The molecule has 102 valence electrons. The predicted octanol–water partition coefficient (Wildman–Crippen LogP) is 2.69. The summed E-state index contributed by atoms with van der Waals surface area (Å²) < 4.78 is 0. The maximum atomic E-state index is 5.63. The van der Waals surface area contributed by atoms with Crippen LogP contribution in [0.2, 0.25) is 0 Å². The molecule has 0 atom stereocenters. The highest BCUT2D eigenvalue weighted by molar-refractivity contribution is 7.98. The Bertz CT molecular complexity index is 553. The first-order valence-electron chi connectivity index (χ1n) is 5.82. The molecule has 2 aromatic heterocycles. The van der Waals surface area contributed by atoms with Crippen LogP contribution in [0.25, 0.3) is 0 Å². The molecule has 0 saturated carbocycles. The van der Waals surface area contributed by atoms with E-state index in [1.165, 1.54) is 11.8 Å². The minimum absolute atomic E-state index is 0.0890. The van der Waals surface area contributed by atoms with Crippen molar-refractivity contribution in [3.8, 4) is 0 Å². The fraction of sp³-hybridized carbons (Fsp3) is 0.417. The summed E-state index contributed by atoms with van der Waals surface area (Å²) in [5.74, 6) is 1.50. The number of anilines is 2. The number of thioether (sulfide) groups is 1. The Morgan fingerprint density at radius 1 is 1.16 bits per heavy atom. The van der Waals surface area contributed by atoms with Crippen LogP contribution >= 0.6 is 23.1 Å². The third-order valence-electron chi connectivity index (χ3n) is 2.29. The highest BCUT2D eigenvalue weighted by Gasteiger charge is 2.18. The number of aromatic nitrogens is 3. The lowest BCUT2D eigenvalue weighted by Gasteiger charge is -2.13. The second-order valence-electron chi connectivity index (χ2n) is 5.18. The van der Waals surface area contributed by atoms with Gasteiger partial charge in [0.15, 0.2) is 5.16 Å². The van der Waals surface area contributed by atoms with Gasteiger partial charge in [0, 0.05) is 22.6 Å². The Labute approximate surface area is 120 Å². The van der Waals surface area contributed by atoms with Gasteiger partial charge in [-0.15, -0.1) is 11.3 Å². The molecule has 4 N–H and O–H groups in total. The summed E-state index contributed by atoms with van der Waals surface area (Å²) in [5, 5.41) is 3.79. The van der Waals surface area contributed by atoms with E-state index in [-0.39, 0.29) is 5.41 Å². The van der Waals surface area contributed by atoms with Gasteiger partial charge in [0.1, 0.15) is 11.6 Å². The van der Waals surface area contributed by atoms with Crippen LogP contribution in [0.15, 0.2) is 16.6 Å². The van der Waals surface area contributed by atoms with E-state index >= 15 is 0 Å². The van der Waals surface area contributed by atoms with Crippen LogP contribution < -0.4 is 11.5 Å². The average molecular weight is 295 g/mol. The van der Waals surface area contributed by atoms with Gasteiger partial charge in [0.25, 0.3) is 0 Å². The number of nitrogens with zero attached hydrogens (tertiary/aromatic N) is 3. The van der Waals surface area contributed by atoms with Gasteiger partial charge in [-0.25, -0.2) is 15.0 Å². The summed E-state index contributed by atoms with van der Waals surface area (Å²) in [6.45, 7) is 6.47. The van der Waals surface area contributed by atoms with E-state index in [0.717, 1.165) is 16.5 Å². The first kappa shape index (κ1) is 14.1. The van der Waals surface area contributed by atoms with Gasteiger partial charge >= 0.3 is 0 Å². The molecular formula is C12H17N5S2. The summed E-state index contributed by atoms with van der Waals surface area (Å²) >= 11 is 3.17. The first-order valence-corrected chi connectivity index (χ1v) is 7.69. The zero-order valence-electron chi connectivity index (χ0n) is 11.2. The summed E-state index contributed by atoms with van der Waals surface area (Å²) in [6, 6.07) is 1.55. The molecule has 7 heteroatoms. The van der Waals surface area contributed by atoms with Crippen molar-refractivity contribution in [2.75, 3.05) is 11.5 Å². The van der Waals surface area contributed by atoms with Gasteiger partial charge in [-0.3, -0.25) is 0 Å². The van der Waals surface area contributed by atoms with Gasteiger partial charge < -0.3 is 11.5 Å². The summed E-state index contributed by atoms with van der Waals surface area (Å²) in [6.07, 6.45) is 0. The van der Waals surface area contributed by atoms with E-state index in [1.54, 1.807) is 17.4 Å². The topological polar surface area (TPSA) is 90.7 Å². The maximum absolute atomic E-state index is 5.63. The third kappa shape index (κ3) is 3.81. The number of hydrogen-bond acceptors (Lipinski definition) is 7. The molecule has 2 rings (SSSR count). The van der Waals surface area contributed by atoms with E-state index in [1.807, 2.05) is 0 Å². The van der Waals surface area contributed by atoms with Crippen molar-refractivity contribution in [2.24, 2.45) is 0 Å². The molecule has 0 aliphatic rings. The highest BCUT2D eigenvalue weighted by Crippen LogP contribution is 2.28. The largest absolute Gasteiger partial charge is 0.383 e. The van der Waals surface area contributed by atoms with Gasteiger partial charge in [-0.2, -0.15) is 0 Å². The van der Waals surface area contributed by atoms with E-state index in [9.17, 15) is 0 Å². The highest BCUT2D eigenvalue weighted by atomic mass is 32.2. The van der Waals surface area contributed by atoms with Crippen LogP contribution in [-0.4, -0.2) is 15.0 Å². The number of nitrogens with two attached hydrogens (primary N) is 2. The summed E-state index contributed by atoms with van der Waals surface area (Å²) in [7, 11) is 0. The van der Waals surface area contributed by atoms with Gasteiger partial charge in [-0.05, 0) is 0 Å². The van der Waals surface area contributed by atoms with Crippen molar-refractivity contribution in [1.82, 2.24) is 15.0 Å². The predicted molar refractivity (Wildman–Crippen MR) is 81.2 cm³/mol. The van der Waals surface area contributed by atoms with Crippen LogP contribution in [0.4, 0.5) is 11.6 Å². The van der Waals surface area contributed by atoms with Crippen LogP contribution in [-0.2, 0) is 11.2 Å². The van der Waals surface area contributed by atoms with Crippen molar-refractivity contribution in [1.29, 1.82) is 0 Å². The van der Waals surface area contributed by atoms with E-state index in [4.69, 9.17) is 11.5 Å². The molecule has 19 heavy (non-hydrogen) atoms. The summed E-state index contributed by atoms with van der Waals surface area (Å²) in [5.41, 5.74) is 12.4. The molecule has 0 spiro atoms. The molecular weight excluding hydrogens is 278 g/mol. The summed E-state index contributed by atoms with van der Waals surface area (Å²) in [4.78, 5) is 12.9. The molecule has 0 saturated heterocycles.